The lowest BCUT2D eigenvalue weighted by Crippen LogP contribution is -2.24. The maximum atomic E-state index is 12.2. The normalized spacial score (nSPS) is 13.3. The first kappa shape index (κ1) is 17.2. The molecule has 25 heavy (non-hydrogen) atoms. The van der Waals surface area contributed by atoms with E-state index < -0.39 is 0 Å². The summed E-state index contributed by atoms with van der Waals surface area (Å²) in [7, 11) is 0. The molecule has 0 radical (unpaired) electrons. The van der Waals surface area contributed by atoms with E-state index in [1.54, 1.807) is 18.2 Å². The number of carbonyl (C=O) groups excluding carboxylic acids is 2. The van der Waals surface area contributed by atoms with Crippen molar-refractivity contribution in [3.05, 3.63) is 65.7 Å². The SMILES string of the molecule is O=C(NCCCCc1ccccc1)c1cccc(NC(=O)C2CC2)c1. The fourth-order valence-electron chi connectivity index (χ4n) is 2.73. The van der Waals surface area contributed by atoms with Crippen LogP contribution in [0.15, 0.2) is 54.6 Å². The van der Waals surface area contributed by atoms with E-state index in [1.165, 1.54) is 5.56 Å². The maximum absolute atomic E-state index is 12.2. The Kier molecular flexibility index (Phi) is 5.83. The Morgan fingerprint density at radius 3 is 2.52 bits per heavy atom. The molecule has 0 bridgehead atoms. The van der Waals surface area contributed by atoms with Gasteiger partial charge in [-0.15, -0.1) is 0 Å². The number of carbonyl (C=O) groups is 2. The summed E-state index contributed by atoms with van der Waals surface area (Å²) in [5.74, 6) is 0.114. The van der Waals surface area contributed by atoms with E-state index in [2.05, 4.69) is 22.8 Å². The standard InChI is InChI=1S/C21H24N2O2/c24-20(22-14-5-4-9-16-7-2-1-3-8-16)18-10-6-11-19(15-18)23-21(25)17-12-13-17/h1-3,6-8,10-11,15,17H,4-5,9,12-14H2,(H,22,24)(H,23,25). The number of anilines is 1. The monoisotopic (exact) mass is 336 g/mol. The van der Waals surface area contributed by atoms with Gasteiger partial charge >= 0.3 is 0 Å². The van der Waals surface area contributed by atoms with Crippen molar-refractivity contribution >= 4 is 17.5 Å². The Balaban J connectivity index is 1.41. The molecule has 4 heteroatoms. The average molecular weight is 336 g/mol. The molecular weight excluding hydrogens is 312 g/mol. The van der Waals surface area contributed by atoms with Crippen molar-refractivity contribution in [2.75, 3.05) is 11.9 Å². The number of nitrogens with one attached hydrogen (secondary N) is 2. The summed E-state index contributed by atoms with van der Waals surface area (Å²) in [6.45, 7) is 0.657. The van der Waals surface area contributed by atoms with Crippen LogP contribution in [0.4, 0.5) is 5.69 Å². The van der Waals surface area contributed by atoms with E-state index >= 15 is 0 Å². The summed E-state index contributed by atoms with van der Waals surface area (Å²) < 4.78 is 0. The van der Waals surface area contributed by atoms with Gasteiger partial charge in [0.1, 0.15) is 0 Å². The number of hydrogen-bond donors (Lipinski definition) is 2. The third-order valence-electron chi connectivity index (χ3n) is 4.36. The highest BCUT2D eigenvalue weighted by molar-refractivity contribution is 5.98. The topological polar surface area (TPSA) is 58.2 Å². The van der Waals surface area contributed by atoms with Crippen molar-refractivity contribution in [2.24, 2.45) is 5.92 Å². The zero-order chi connectivity index (χ0) is 17.5. The largest absolute Gasteiger partial charge is 0.352 e. The zero-order valence-corrected chi connectivity index (χ0v) is 14.3. The van der Waals surface area contributed by atoms with Crippen molar-refractivity contribution in [3.8, 4) is 0 Å². The molecule has 4 nitrogen and oxygen atoms in total. The van der Waals surface area contributed by atoms with Crippen molar-refractivity contribution in [2.45, 2.75) is 32.1 Å². The molecule has 2 amide bonds. The molecule has 0 spiro atoms. The highest BCUT2D eigenvalue weighted by atomic mass is 16.2. The van der Waals surface area contributed by atoms with Crippen LogP contribution in [-0.4, -0.2) is 18.4 Å². The first-order valence-electron chi connectivity index (χ1n) is 8.95. The summed E-state index contributed by atoms with van der Waals surface area (Å²) >= 11 is 0. The minimum absolute atomic E-state index is 0.0541. The van der Waals surface area contributed by atoms with Gasteiger partial charge in [-0.25, -0.2) is 0 Å². The molecule has 0 atom stereocenters. The number of hydrogen-bond acceptors (Lipinski definition) is 2. The van der Waals surface area contributed by atoms with E-state index in [9.17, 15) is 9.59 Å². The van der Waals surface area contributed by atoms with Crippen LogP contribution in [0.25, 0.3) is 0 Å². The molecule has 0 aliphatic heterocycles. The van der Waals surface area contributed by atoms with E-state index in [0.717, 1.165) is 32.1 Å². The van der Waals surface area contributed by atoms with Crippen molar-refractivity contribution in [3.63, 3.8) is 0 Å². The van der Waals surface area contributed by atoms with Gasteiger partial charge < -0.3 is 10.6 Å². The summed E-state index contributed by atoms with van der Waals surface area (Å²) in [6, 6.07) is 17.5. The Morgan fingerprint density at radius 1 is 0.960 bits per heavy atom. The van der Waals surface area contributed by atoms with Crippen molar-refractivity contribution in [1.29, 1.82) is 0 Å². The van der Waals surface area contributed by atoms with Crippen LogP contribution in [0.1, 0.15) is 41.6 Å². The Bertz CT molecular complexity index is 724. The molecule has 130 valence electrons. The van der Waals surface area contributed by atoms with Crippen LogP contribution < -0.4 is 10.6 Å². The van der Waals surface area contributed by atoms with Crippen LogP contribution in [0.3, 0.4) is 0 Å². The van der Waals surface area contributed by atoms with E-state index in [1.807, 2.05) is 24.3 Å². The molecule has 2 aromatic carbocycles. The van der Waals surface area contributed by atoms with Gasteiger partial charge in [-0.1, -0.05) is 36.4 Å². The van der Waals surface area contributed by atoms with Crippen LogP contribution in [-0.2, 0) is 11.2 Å². The predicted molar refractivity (Wildman–Crippen MR) is 99.5 cm³/mol. The molecule has 0 unspecified atom stereocenters. The lowest BCUT2D eigenvalue weighted by Gasteiger charge is -2.08. The highest BCUT2D eigenvalue weighted by Gasteiger charge is 2.29. The minimum Gasteiger partial charge on any atom is -0.352 e. The summed E-state index contributed by atoms with van der Waals surface area (Å²) in [5, 5.41) is 5.82. The van der Waals surface area contributed by atoms with Gasteiger partial charge in [-0.2, -0.15) is 0 Å². The Hall–Kier alpha value is -2.62. The van der Waals surface area contributed by atoms with Gasteiger partial charge in [-0.3, -0.25) is 9.59 Å². The number of rotatable bonds is 8. The molecule has 2 N–H and O–H groups in total. The fraction of sp³-hybridized carbons (Fsp3) is 0.333. The van der Waals surface area contributed by atoms with E-state index in [4.69, 9.17) is 0 Å². The third kappa shape index (κ3) is 5.45. The van der Waals surface area contributed by atoms with Gasteiger partial charge in [0, 0.05) is 23.7 Å². The van der Waals surface area contributed by atoms with Crippen molar-refractivity contribution in [1.82, 2.24) is 5.32 Å². The smallest absolute Gasteiger partial charge is 0.251 e. The summed E-state index contributed by atoms with van der Waals surface area (Å²) in [5.41, 5.74) is 2.60. The van der Waals surface area contributed by atoms with Gasteiger partial charge in [0.25, 0.3) is 5.91 Å². The second-order valence-corrected chi connectivity index (χ2v) is 6.54. The summed E-state index contributed by atoms with van der Waals surface area (Å²) in [4.78, 5) is 24.0. The molecule has 1 fully saturated rings. The fourth-order valence-corrected chi connectivity index (χ4v) is 2.73. The number of benzene rings is 2. The second kappa shape index (κ2) is 8.47. The third-order valence-corrected chi connectivity index (χ3v) is 4.36. The predicted octanol–water partition coefficient (Wildman–Crippen LogP) is 3.79. The quantitative estimate of drug-likeness (QED) is 0.721. The number of aryl methyl sites for hydroxylation is 1. The average Bonchev–Trinajstić information content (AvgIpc) is 3.47. The highest BCUT2D eigenvalue weighted by Crippen LogP contribution is 2.30. The van der Waals surface area contributed by atoms with Crippen LogP contribution in [0.5, 0.6) is 0 Å². The number of unbranched alkanes of at least 4 members (excludes halogenated alkanes) is 1. The molecule has 2 aromatic rings. The van der Waals surface area contributed by atoms with Crippen molar-refractivity contribution < 1.29 is 9.59 Å². The van der Waals surface area contributed by atoms with Crippen LogP contribution in [0.2, 0.25) is 0 Å². The van der Waals surface area contributed by atoms with Crippen LogP contribution >= 0.6 is 0 Å². The molecule has 0 saturated heterocycles. The van der Waals surface area contributed by atoms with E-state index in [0.29, 0.717) is 17.8 Å². The van der Waals surface area contributed by atoms with Crippen LogP contribution in [0, 0.1) is 5.92 Å². The van der Waals surface area contributed by atoms with Gasteiger partial charge in [-0.05, 0) is 55.9 Å². The first-order chi connectivity index (χ1) is 12.2. The summed E-state index contributed by atoms with van der Waals surface area (Å²) in [6.07, 6.45) is 4.95. The maximum Gasteiger partial charge on any atom is 0.251 e. The minimum atomic E-state index is -0.0952. The molecule has 1 aliphatic rings. The van der Waals surface area contributed by atoms with Gasteiger partial charge in [0.2, 0.25) is 5.91 Å². The molecule has 0 aromatic heterocycles. The molecule has 3 rings (SSSR count). The first-order valence-corrected chi connectivity index (χ1v) is 8.95. The number of amides is 2. The lowest BCUT2D eigenvalue weighted by molar-refractivity contribution is -0.117. The Morgan fingerprint density at radius 2 is 1.76 bits per heavy atom. The second-order valence-electron chi connectivity index (χ2n) is 6.54. The van der Waals surface area contributed by atoms with Gasteiger partial charge in [0.05, 0.1) is 0 Å². The zero-order valence-electron chi connectivity index (χ0n) is 14.3. The Labute approximate surface area is 148 Å². The molecule has 1 aliphatic carbocycles. The molecule has 1 saturated carbocycles. The van der Waals surface area contributed by atoms with Gasteiger partial charge in [0.15, 0.2) is 0 Å². The lowest BCUT2D eigenvalue weighted by atomic mass is 10.1. The van der Waals surface area contributed by atoms with E-state index in [-0.39, 0.29) is 17.7 Å². The molecule has 0 heterocycles. The molecular formula is C21H24N2O2.